The fourth-order valence-corrected chi connectivity index (χ4v) is 3.10. The van der Waals surface area contributed by atoms with Crippen LogP contribution in [0.2, 0.25) is 0 Å². The van der Waals surface area contributed by atoms with Crippen LogP contribution in [-0.4, -0.2) is 5.97 Å². The molecule has 0 bridgehead atoms. The van der Waals surface area contributed by atoms with Gasteiger partial charge in [-0.2, -0.15) is 0 Å². The first-order valence-corrected chi connectivity index (χ1v) is 8.31. The van der Waals surface area contributed by atoms with Crippen LogP contribution in [0.1, 0.15) is 49.4 Å². The average Bonchev–Trinajstić information content (AvgIpc) is 2.59. The van der Waals surface area contributed by atoms with Gasteiger partial charge in [0.2, 0.25) is 0 Å². The van der Waals surface area contributed by atoms with Gasteiger partial charge in [0.1, 0.15) is 17.2 Å². The summed E-state index contributed by atoms with van der Waals surface area (Å²) in [5.41, 5.74) is 4.42. The lowest BCUT2D eigenvalue weighted by molar-refractivity contribution is -0.134. The number of aryl methyl sites for hydroxylation is 1. The van der Waals surface area contributed by atoms with E-state index >= 15 is 0 Å². The Balaban J connectivity index is 2.15. The van der Waals surface area contributed by atoms with Crippen molar-refractivity contribution in [1.29, 1.82) is 0 Å². The summed E-state index contributed by atoms with van der Waals surface area (Å²) >= 11 is 0. The molecule has 0 amide bonds. The number of carbonyl (C=O) groups is 1. The number of hydrogen-bond donors (Lipinski definition) is 0. The molecule has 0 fully saturated rings. The highest BCUT2D eigenvalue weighted by atomic mass is 16.5. The molecule has 0 saturated heterocycles. The van der Waals surface area contributed by atoms with E-state index in [-0.39, 0.29) is 5.97 Å². The molecule has 0 spiro atoms. The molecule has 2 aromatic rings. The van der Waals surface area contributed by atoms with Gasteiger partial charge in [-0.3, -0.25) is 4.79 Å². The highest BCUT2D eigenvalue weighted by Crippen LogP contribution is 2.44. The molecule has 3 heteroatoms. The molecule has 3 rings (SSSR count). The van der Waals surface area contributed by atoms with E-state index in [0.29, 0.717) is 12.2 Å². The number of hydrogen-bond acceptors (Lipinski definition) is 3. The van der Waals surface area contributed by atoms with Crippen molar-refractivity contribution in [3.8, 4) is 17.2 Å². The lowest BCUT2D eigenvalue weighted by atomic mass is 9.92. The van der Waals surface area contributed by atoms with E-state index in [2.05, 4.69) is 26.0 Å². The molecule has 3 nitrogen and oxygen atoms in total. The van der Waals surface area contributed by atoms with Crippen molar-refractivity contribution in [1.82, 2.24) is 0 Å². The zero-order chi connectivity index (χ0) is 16.4. The summed E-state index contributed by atoms with van der Waals surface area (Å²) < 4.78 is 11.8. The van der Waals surface area contributed by atoms with Crippen molar-refractivity contribution in [2.45, 2.75) is 46.5 Å². The first kappa shape index (κ1) is 15.6. The second-order valence-corrected chi connectivity index (χ2v) is 5.74. The average molecular weight is 310 g/mol. The molecular weight excluding hydrogens is 288 g/mol. The third kappa shape index (κ3) is 2.83. The van der Waals surface area contributed by atoms with E-state index in [1.54, 1.807) is 0 Å². The van der Waals surface area contributed by atoms with Crippen LogP contribution in [0.5, 0.6) is 17.2 Å². The van der Waals surface area contributed by atoms with Gasteiger partial charge >= 0.3 is 5.97 Å². The minimum absolute atomic E-state index is 0.200. The Morgan fingerprint density at radius 2 is 1.91 bits per heavy atom. The van der Waals surface area contributed by atoms with Gasteiger partial charge in [-0.05, 0) is 41.7 Å². The zero-order valence-electron chi connectivity index (χ0n) is 13.9. The van der Waals surface area contributed by atoms with Crippen LogP contribution in [0.3, 0.4) is 0 Å². The molecule has 0 saturated carbocycles. The van der Waals surface area contributed by atoms with Gasteiger partial charge < -0.3 is 9.47 Å². The molecule has 2 aromatic carbocycles. The van der Waals surface area contributed by atoms with Crippen molar-refractivity contribution in [2.24, 2.45) is 0 Å². The van der Waals surface area contributed by atoms with Crippen LogP contribution < -0.4 is 9.47 Å². The normalized spacial score (nSPS) is 12.1. The van der Waals surface area contributed by atoms with E-state index in [4.69, 9.17) is 9.47 Å². The molecule has 0 aromatic heterocycles. The first-order valence-electron chi connectivity index (χ1n) is 8.31. The van der Waals surface area contributed by atoms with Crippen molar-refractivity contribution in [3.05, 3.63) is 52.6 Å². The Kier molecular flexibility index (Phi) is 4.37. The van der Waals surface area contributed by atoms with Crippen LogP contribution in [0.25, 0.3) is 0 Å². The van der Waals surface area contributed by atoms with Gasteiger partial charge in [0.05, 0.1) is 0 Å². The van der Waals surface area contributed by atoms with Gasteiger partial charge in [-0.25, -0.2) is 0 Å². The highest BCUT2D eigenvalue weighted by Gasteiger charge is 2.25. The smallest absolute Gasteiger partial charge is 0.310 e. The second kappa shape index (κ2) is 6.45. The van der Waals surface area contributed by atoms with Gasteiger partial charge in [0.25, 0.3) is 0 Å². The maximum absolute atomic E-state index is 11.9. The standard InChI is InChI=1S/C20H22O3/c1-4-13-12-18-16(11-14-9-7-8-10-17(14)22-18)20(15(13)5-2)23-19(21)6-3/h7-10,12H,4-6,11H2,1-3H3. The Morgan fingerprint density at radius 1 is 1.13 bits per heavy atom. The third-order valence-corrected chi connectivity index (χ3v) is 4.34. The van der Waals surface area contributed by atoms with Gasteiger partial charge in [-0.1, -0.05) is 39.0 Å². The molecule has 1 aliphatic rings. The van der Waals surface area contributed by atoms with E-state index in [1.165, 1.54) is 5.56 Å². The third-order valence-electron chi connectivity index (χ3n) is 4.34. The number of benzene rings is 2. The van der Waals surface area contributed by atoms with Crippen LogP contribution in [0.4, 0.5) is 0 Å². The lowest BCUT2D eigenvalue weighted by Gasteiger charge is -2.25. The van der Waals surface area contributed by atoms with Gasteiger partial charge in [0.15, 0.2) is 0 Å². The Hall–Kier alpha value is -2.29. The van der Waals surface area contributed by atoms with Crippen molar-refractivity contribution in [2.75, 3.05) is 0 Å². The van der Waals surface area contributed by atoms with Crippen LogP contribution in [-0.2, 0) is 24.1 Å². The zero-order valence-corrected chi connectivity index (χ0v) is 13.9. The molecule has 23 heavy (non-hydrogen) atoms. The Morgan fingerprint density at radius 3 is 2.61 bits per heavy atom. The van der Waals surface area contributed by atoms with E-state index in [9.17, 15) is 4.79 Å². The van der Waals surface area contributed by atoms with Crippen LogP contribution in [0.15, 0.2) is 30.3 Å². The van der Waals surface area contributed by atoms with Gasteiger partial charge in [-0.15, -0.1) is 0 Å². The molecule has 1 aliphatic heterocycles. The predicted octanol–water partition coefficient (Wildman–Crippen LogP) is 4.82. The summed E-state index contributed by atoms with van der Waals surface area (Å²) in [5, 5.41) is 0. The first-order chi connectivity index (χ1) is 11.2. The summed E-state index contributed by atoms with van der Waals surface area (Å²) in [6.07, 6.45) is 2.82. The second-order valence-electron chi connectivity index (χ2n) is 5.74. The summed E-state index contributed by atoms with van der Waals surface area (Å²) in [4.78, 5) is 11.9. The van der Waals surface area contributed by atoms with E-state index in [0.717, 1.165) is 47.5 Å². The molecule has 0 atom stereocenters. The van der Waals surface area contributed by atoms with Crippen molar-refractivity contribution >= 4 is 5.97 Å². The Bertz CT molecular complexity index is 747. The van der Waals surface area contributed by atoms with Crippen molar-refractivity contribution < 1.29 is 14.3 Å². The van der Waals surface area contributed by atoms with Crippen LogP contribution >= 0.6 is 0 Å². The van der Waals surface area contributed by atoms with Gasteiger partial charge in [0, 0.05) is 18.4 Å². The van der Waals surface area contributed by atoms with Crippen LogP contribution in [0, 0.1) is 0 Å². The minimum atomic E-state index is -0.200. The molecule has 1 heterocycles. The molecule has 0 aliphatic carbocycles. The Labute approximate surface area is 137 Å². The van der Waals surface area contributed by atoms with E-state index < -0.39 is 0 Å². The molecule has 120 valence electrons. The number of carbonyl (C=O) groups excluding carboxylic acids is 1. The highest BCUT2D eigenvalue weighted by molar-refractivity contribution is 5.74. The maximum atomic E-state index is 11.9. The summed E-state index contributed by atoms with van der Waals surface area (Å²) in [6, 6.07) is 10.1. The number of rotatable bonds is 4. The molecule has 0 unspecified atom stereocenters. The number of fused-ring (bicyclic) bond motifs is 2. The number of ether oxygens (including phenoxy) is 2. The quantitative estimate of drug-likeness (QED) is 0.512. The SMILES string of the molecule is CCC(=O)Oc1c(CC)c(CC)cc2c1Cc1ccccc1O2. The molecule has 0 N–H and O–H groups in total. The maximum Gasteiger partial charge on any atom is 0.310 e. The lowest BCUT2D eigenvalue weighted by Crippen LogP contribution is -2.14. The topological polar surface area (TPSA) is 35.5 Å². The summed E-state index contributed by atoms with van der Waals surface area (Å²) in [7, 11) is 0. The largest absolute Gasteiger partial charge is 0.457 e. The van der Waals surface area contributed by atoms with Crippen molar-refractivity contribution in [3.63, 3.8) is 0 Å². The predicted molar refractivity (Wildman–Crippen MR) is 90.4 cm³/mol. The molecular formula is C20H22O3. The minimum Gasteiger partial charge on any atom is -0.457 e. The monoisotopic (exact) mass is 310 g/mol. The summed E-state index contributed by atoms with van der Waals surface area (Å²) in [6.45, 7) is 6.03. The van der Waals surface area contributed by atoms with E-state index in [1.807, 2.05) is 25.1 Å². The molecule has 0 radical (unpaired) electrons. The fourth-order valence-electron chi connectivity index (χ4n) is 3.10. The fraction of sp³-hybridized carbons (Fsp3) is 0.350. The number of para-hydroxylation sites is 1. The summed E-state index contributed by atoms with van der Waals surface area (Å²) in [5.74, 6) is 2.22. The number of esters is 1.